The lowest BCUT2D eigenvalue weighted by molar-refractivity contribution is -0.0943. The van der Waals surface area contributed by atoms with Crippen LogP contribution in [0.3, 0.4) is 0 Å². The van der Waals surface area contributed by atoms with E-state index >= 15 is 0 Å². The monoisotopic (exact) mass is 175 g/mol. The first-order valence-electron chi connectivity index (χ1n) is 4.83. The van der Waals surface area contributed by atoms with Gasteiger partial charge in [0.05, 0.1) is 12.2 Å². The molecule has 1 saturated carbocycles. The second-order valence-corrected chi connectivity index (χ2v) is 4.05. The molecular formula is C11H13NO. The Hall–Kier alpha value is -1.02. The highest BCUT2D eigenvalue weighted by atomic mass is 16.5. The quantitative estimate of drug-likeness (QED) is 0.613. The maximum Gasteiger partial charge on any atom is 0.0940 e. The molecule has 68 valence electrons. The second-order valence-electron chi connectivity index (χ2n) is 4.05. The summed E-state index contributed by atoms with van der Waals surface area (Å²) < 4.78 is 5.85. The lowest BCUT2D eigenvalue weighted by Crippen LogP contribution is -2.33. The molecule has 1 spiro atoms. The van der Waals surface area contributed by atoms with E-state index in [1.165, 1.54) is 30.4 Å². The fraction of sp³-hybridized carbons (Fsp3) is 0.455. The fourth-order valence-electron chi connectivity index (χ4n) is 2.35. The third kappa shape index (κ3) is 0.866. The molecule has 0 amide bonds. The molecule has 0 saturated heterocycles. The van der Waals surface area contributed by atoms with Crippen LogP contribution in [-0.2, 0) is 16.9 Å². The van der Waals surface area contributed by atoms with Crippen molar-refractivity contribution in [3.8, 4) is 0 Å². The van der Waals surface area contributed by atoms with E-state index in [0.29, 0.717) is 0 Å². The summed E-state index contributed by atoms with van der Waals surface area (Å²) in [6.45, 7) is 0.773. The van der Waals surface area contributed by atoms with Crippen LogP contribution in [0.2, 0.25) is 0 Å². The van der Waals surface area contributed by atoms with Crippen LogP contribution in [0.5, 0.6) is 0 Å². The Bertz CT molecular complexity index is 355. The largest absolute Gasteiger partial charge is 0.399 e. The van der Waals surface area contributed by atoms with Crippen LogP contribution < -0.4 is 5.73 Å². The summed E-state index contributed by atoms with van der Waals surface area (Å²) in [7, 11) is 0. The van der Waals surface area contributed by atoms with Gasteiger partial charge in [-0.2, -0.15) is 0 Å². The van der Waals surface area contributed by atoms with E-state index in [4.69, 9.17) is 10.5 Å². The van der Waals surface area contributed by atoms with Gasteiger partial charge in [0.2, 0.25) is 0 Å². The maximum absolute atomic E-state index is 5.85. The predicted molar refractivity (Wildman–Crippen MR) is 51.2 cm³/mol. The number of rotatable bonds is 0. The number of benzene rings is 1. The zero-order valence-corrected chi connectivity index (χ0v) is 7.55. The van der Waals surface area contributed by atoms with Gasteiger partial charge < -0.3 is 10.5 Å². The van der Waals surface area contributed by atoms with Gasteiger partial charge in [0.1, 0.15) is 0 Å². The van der Waals surface area contributed by atoms with Crippen LogP contribution in [0.4, 0.5) is 5.69 Å². The molecule has 0 aromatic heterocycles. The van der Waals surface area contributed by atoms with Crippen LogP contribution in [0, 0.1) is 0 Å². The van der Waals surface area contributed by atoms with Gasteiger partial charge in [-0.3, -0.25) is 0 Å². The first kappa shape index (κ1) is 7.39. The van der Waals surface area contributed by atoms with Crippen LogP contribution in [-0.4, -0.2) is 0 Å². The van der Waals surface area contributed by atoms with Gasteiger partial charge in [-0.05, 0) is 42.5 Å². The van der Waals surface area contributed by atoms with Crippen LogP contribution in [0.1, 0.15) is 30.4 Å². The third-order valence-electron chi connectivity index (χ3n) is 3.29. The van der Waals surface area contributed by atoms with Gasteiger partial charge >= 0.3 is 0 Å². The number of anilines is 1. The minimum Gasteiger partial charge on any atom is -0.399 e. The van der Waals surface area contributed by atoms with E-state index in [1.807, 2.05) is 6.07 Å². The summed E-state index contributed by atoms with van der Waals surface area (Å²) in [4.78, 5) is 0. The van der Waals surface area contributed by atoms with Crippen LogP contribution in [0.25, 0.3) is 0 Å². The van der Waals surface area contributed by atoms with Crippen molar-refractivity contribution < 1.29 is 4.74 Å². The van der Waals surface area contributed by atoms with Crippen molar-refractivity contribution >= 4 is 5.69 Å². The molecule has 1 aliphatic carbocycles. The highest BCUT2D eigenvalue weighted by Gasteiger charge is 2.44. The average molecular weight is 175 g/mol. The predicted octanol–water partition coefficient (Wildman–Crippen LogP) is 2.18. The van der Waals surface area contributed by atoms with Crippen molar-refractivity contribution in [2.75, 3.05) is 5.73 Å². The molecule has 1 aromatic carbocycles. The minimum atomic E-state index is 0.0602. The fourth-order valence-corrected chi connectivity index (χ4v) is 2.35. The maximum atomic E-state index is 5.85. The van der Waals surface area contributed by atoms with Crippen LogP contribution in [0.15, 0.2) is 18.2 Å². The molecule has 0 unspecified atom stereocenters. The number of ether oxygens (including phenoxy) is 1. The first-order valence-corrected chi connectivity index (χ1v) is 4.83. The Labute approximate surface area is 77.7 Å². The van der Waals surface area contributed by atoms with E-state index in [9.17, 15) is 0 Å². The molecule has 1 heterocycles. The van der Waals surface area contributed by atoms with E-state index < -0.39 is 0 Å². The standard InChI is InChI=1S/C11H13NO/c12-9-3-2-8-7-13-11(4-1-5-11)10(8)6-9/h2-3,6H,1,4-5,7,12H2. The topological polar surface area (TPSA) is 35.2 Å². The normalized spacial score (nSPS) is 22.8. The molecule has 0 bridgehead atoms. The first-order chi connectivity index (χ1) is 6.30. The van der Waals surface area contributed by atoms with E-state index in [2.05, 4.69) is 12.1 Å². The second kappa shape index (κ2) is 2.26. The number of fused-ring (bicyclic) bond motifs is 2. The zero-order valence-electron chi connectivity index (χ0n) is 7.55. The van der Waals surface area contributed by atoms with Gasteiger partial charge in [0.15, 0.2) is 0 Å². The summed E-state index contributed by atoms with van der Waals surface area (Å²) >= 11 is 0. The lowest BCUT2D eigenvalue weighted by atomic mass is 9.75. The summed E-state index contributed by atoms with van der Waals surface area (Å²) in [6, 6.07) is 6.14. The van der Waals surface area contributed by atoms with E-state index in [1.54, 1.807) is 0 Å². The Balaban J connectivity index is 2.14. The number of nitrogen functional groups attached to an aromatic ring is 1. The molecule has 13 heavy (non-hydrogen) atoms. The van der Waals surface area contributed by atoms with Crippen molar-refractivity contribution in [2.24, 2.45) is 0 Å². The van der Waals surface area contributed by atoms with Gasteiger partial charge in [0.25, 0.3) is 0 Å². The van der Waals surface area contributed by atoms with Gasteiger partial charge in [-0.25, -0.2) is 0 Å². The highest BCUT2D eigenvalue weighted by molar-refractivity contribution is 5.49. The van der Waals surface area contributed by atoms with E-state index in [-0.39, 0.29) is 5.60 Å². The molecule has 2 nitrogen and oxygen atoms in total. The van der Waals surface area contributed by atoms with Gasteiger partial charge in [-0.1, -0.05) is 6.07 Å². The van der Waals surface area contributed by atoms with Crippen molar-refractivity contribution in [1.82, 2.24) is 0 Å². The average Bonchev–Trinajstić information content (AvgIpc) is 2.41. The summed E-state index contributed by atoms with van der Waals surface area (Å²) in [5, 5.41) is 0. The minimum absolute atomic E-state index is 0.0602. The Morgan fingerprint density at radius 1 is 1.31 bits per heavy atom. The molecule has 2 heteroatoms. The van der Waals surface area contributed by atoms with E-state index in [0.717, 1.165) is 12.3 Å². The van der Waals surface area contributed by atoms with Crippen molar-refractivity contribution in [3.05, 3.63) is 29.3 Å². The molecular weight excluding hydrogens is 162 g/mol. The summed E-state index contributed by atoms with van der Waals surface area (Å²) in [6.07, 6.45) is 3.63. The molecule has 2 N–H and O–H groups in total. The van der Waals surface area contributed by atoms with Crippen molar-refractivity contribution in [2.45, 2.75) is 31.5 Å². The molecule has 1 aromatic rings. The number of hydrogen-bond donors (Lipinski definition) is 1. The van der Waals surface area contributed by atoms with Crippen molar-refractivity contribution in [3.63, 3.8) is 0 Å². The highest BCUT2D eigenvalue weighted by Crippen LogP contribution is 2.50. The summed E-state index contributed by atoms with van der Waals surface area (Å²) in [5.41, 5.74) is 9.37. The Kier molecular flexibility index (Phi) is 1.29. The Morgan fingerprint density at radius 2 is 2.15 bits per heavy atom. The summed E-state index contributed by atoms with van der Waals surface area (Å²) in [5.74, 6) is 0. The smallest absolute Gasteiger partial charge is 0.0940 e. The molecule has 2 aliphatic rings. The zero-order chi connectivity index (χ0) is 8.89. The molecule has 0 atom stereocenters. The lowest BCUT2D eigenvalue weighted by Gasteiger charge is -2.38. The molecule has 0 radical (unpaired) electrons. The molecule has 1 aliphatic heterocycles. The molecule has 1 fully saturated rings. The molecule has 3 rings (SSSR count). The number of hydrogen-bond acceptors (Lipinski definition) is 2. The van der Waals surface area contributed by atoms with Gasteiger partial charge in [-0.15, -0.1) is 0 Å². The number of nitrogens with two attached hydrogens (primary N) is 1. The van der Waals surface area contributed by atoms with Crippen molar-refractivity contribution in [1.29, 1.82) is 0 Å². The SMILES string of the molecule is Nc1ccc2c(c1)C1(CCC1)OC2. The Morgan fingerprint density at radius 3 is 2.85 bits per heavy atom. The van der Waals surface area contributed by atoms with Crippen LogP contribution >= 0.6 is 0 Å². The van der Waals surface area contributed by atoms with Gasteiger partial charge in [0, 0.05) is 5.69 Å². The third-order valence-corrected chi connectivity index (χ3v) is 3.29.